The van der Waals surface area contributed by atoms with Gasteiger partial charge in [0.15, 0.2) is 0 Å². The van der Waals surface area contributed by atoms with Gasteiger partial charge in [0.05, 0.1) is 0 Å². The van der Waals surface area contributed by atoms with Crippen LogP contribution in [0.15, 0.2) is 24.3 Å². The summed E-state index contributed by atoms with van der Waals surface area (Å²) < 4.78 is 18.1. The molecule has 0 saturated carbocycles. The van der Waals surface area contributed by atoms with E-state index in [0.29, 0.717) is 18.3 Å². The molecule has 0 saturated heterocycles. The molecule has 5 heteroatoms. The topological polar surface area (TPSA) is 44.7 Å². The number of halogens is 1. The highest BCUT2D eigenvalue weighted by Crippen LogP contribution is 2.11. The van der Waals surface area contributed by atoms with Crippen molar-refractivity contribution in [2.75, 3.05) is 33.3 Å². The van der Waals surface area contributed by atoms with Crippen LogP contribution in [-0.4, -0.2) is 55.4 Å². The molecular weight excluding hydrogens is 259 g/mol. The van der Waals surface area contributed by atoms with E-state index >= 15 is 0 Å². The van der Waals surface area contributed by atoms with Crippen LogP contribution in [0, 0.1) is 5.82 Å². The molecule has 0 aliphatic carbocycles. The van der Waals surface area contributed by atoms with E-state index in [1.165, 1.54) is 12.1 Å². The van der Waals surface area contributed by atoms with Crippen molar-refractivity contribution in [1.82, 2.24) is 10.2 Å². The first-order valence-corrected chi connectivity index (χ1v) is 6.96. The third-order valence-electron chi connectivity index (χ3n) is 3.16. The second-order valence-corrected chi connectivity index (χ2v) is 5.20. The number of aliphatic hydroxyl groups is 1. The van der Waals surface area contributed by atoms with Crippen LogP contribution in [0.5, 0.6) is 5.75 Å². The molecule has 1 atom stereocenters. The molecular formula is C15H25FN2O2. The highest BCUT2D eigenvalue weighted by molar-refractivity contribution is 5.22. The maximum atomic E-state index is 12.7. The van der Waals surface area contributed by atoms with Crippen LogP contribution in [0.25, 0.3) is 0 Å². The lowest BCUT2D eigenvalue weighted by Crippen LogP contribution is -2.37. The molecule has 20 heavy (non-hydrogen) atoms. The molecule has 2 N–H and O–H groups in total. The standard InChI is InChI=1S/C15H25FN2O2/c1-12(2)18(3)9-8-17-10-14(19)11-20-15-6-4-13(16)5-7-15/h4-7,12,14,17,19H,8-11H2,1-3H3. The van der Waals surface area contributed by atoms with Gasteiger partial charge in [0.1, 0.15) is 24.3 Å². The monoisotopic (exact) mass is 284 g/mol. The minimum Gasteiger partial charge on any atom is -0.491 e. The molecule has 0 amide bonds. The Hall–Kier alpha value is -1.17. The average molecular weight is 284 g/mol. The molecule has 0 heterocycles. The largest absolute Gasteiger partial charge is 0.491 e. The number of rotatable bonds is 9. The Morgan fingerprint density at radius 2 is 1.95 bits per heavy atom. The predicted molar refractivity (Wildman–Crippen MR) is 78.5 cm³/mol. The average Bonchev–Trinajstić information content (AvgIpc) is 2.42. The Morgan fingerprint density at radius 3 is 2.55 bits per heavy atom. The normalized spacial score (nSPS) is 12.9. The molecule has 1 aromatic carbocycles. The van der Waals surface area contributed by atoms with Gasteiger partial charge >= 0.3 is 0 Å². The van der Waals surface area contributed by atoms with E-state index in [4.69, 9.17) is 4.74 Å². The summed E-state index contributed by atoms with van der Waals surface area (Å²) in [7, 11) is 2.07. The SMILES string of the molecule is CC(C)N(C)CCNCC(O)COc1ccc(F)cc1. The first-order valence-electron chi connectivity index (χ1n) is 6.96. The number of hydrogen-bond acceptors (Lipinski definition) is 4. The van der Waals surface area contributed by atoms with E-state index < -0.39 is 6.10 Å². The predicted octanol–water partition coefficient (Wildman–Crippen LogP) is 1.50. The number of nitrogens with one attached hydrogen (secondary N) is 1. The minimum atomic E-state index is -0.579. The van der Waals surface area contributed by atoms with Crippen molar-refractivity contribution in [3.8, 4) is 5.75 Å². The van der Waals surface area contributed by atoms with Crippen molar-refractivity contribution in [2.24, 2.45) is 0 Å². The van der Waals surface area contributed by atoms with Gasteiger partial charge in [0.2, 0.25) is 0 Å². The summed E-state index contributed by atoms with van der Waals surface area (Å²) in [6.07, 6.45) is -0.579. The van der Waals surface area contributed by atoms with Gasteiger partial charge in [0, 0.05) is 25.7 Å². The fraction of sp³-hybridized carbons (Fsp3) is 0.600. The van der Waals surface area contributed by atoms with Gasteiger partial charge in [-0.3, -0.25) is 0 Å². The number of hydrogen-bond donors (Lipinski definition) is 2. The van der Waals surface area contributed by atoms with Crippen molar-refractivity contribution in [1.29, 1.82) is 0 Å². The fourth-order valence-electron chi connectivity index (χ4n) is 1.56. The molecule has 0 spiro atoms. The number of benzene rings is 1. The minimum absolute atomic E-state index is 0.193. The molecule has 0 bridgehead atoms. The number of likely N-dealkylation sites (N-methyl/N-ethyl adjacent to an activating group) is 1. The maximum absolute atomic E-state index is 12.7. The molecule has 1 rings (SSSR count). The van der Waals surface area contributed by atoms with Crippen LogP contribution < -0.4 is 10.1 Å². The molecule has 0 radical (unpaired) electrons. The van der Waals surface area contributed by atoms with Crippen LogP contribution in [0.3, 0.4) is 0 Å². The highest BCUT2D eigenvalue weighted by Gasteiger charge is 2.06. The van der Waals surface area contributed by atoms with Gasteiger partial charge < -0.3 is 20.1 Å². The van der Waals surface area contributed by atoms with Crippen molar-refractivity contribution in [2.45, 2.75) is 26.0 Å². The van der Waals surface area contributed by atoms with Crippen LogP contribution in [-0.2, 0) is 0 Å². The lowest BCUT2D eigenvalue weighted by Gasteiger charge is -2.21. The van der Waals surface area contributed by atoms with E-state index in [1.54, 1.807) is 12.1 Å². The van der Waals surface area contributed by atoms with Crippen LogP contribution >= 0.6 is 0 Å². The highest BCUT2D eigenvalue weighted by atomic mass is 19.1. The van der Waals surface area contributed by atoms with Crippen molar-refractivity contribution in [3.63, 3.8) is 0 Å². The van der Waals surface area contributed by atoms with E-state index in [1.807, 2.05) is 0 Å². The van der Waals surface area contributed by atoms with Gasteiger partial charge in [-0.15, -0.1) is 0 Å². The first-order chi connectivity index (χ1) is 9.49. The van der Waals surface area contributed by atoms with E-state index in [0.717, 1.165) is 13.1 Å². The lowest BCUT2D eigenvalue weighted by molar-refractivity contribution is 0.105. The van der Waals surface area contributed by atoms with Gasteiger partial charge in [-0.2, -0.15) is 0 Å². The third-order valence-corrected chi connectivity index (χ3v) is 3.16. The number of aliphatic hydroxyl groups excluding tert-OH is 1. The molecule has 0 aliphatic rings. The summed E-state index contributed by atoms with van der Waals surface area (Å²) >= 11 is 0. The Kier molecular flexibility index (Phi) is 7.51. The van der Waals surface area contributed by atoms with Gasteiger partial charge in [-0.05, 0) is 45.2 Å². The smallest absolute Gasteiger partial charge is 0.123 e. The molecule has 0 aromatic heterocycles. The summed E-state index contributed by atoms with van der Waals surface area (Å²) in [5.41, 5.74) is 0. The van der Waals surface area contributed by atoms with Crippen molar-refractivity contribution < 1.29 is 14.2 Å². The second kappa shape index (κ2) is 8.89. The van der Waals surface area contributed by atoms with E-state index in [2.05, 4.69) is 31.1 Å². The summed E-state index contributed by atoms with van der Waals surface area (Å²) in [6.45, 7) is 6.72. The Bertz CT molecular complexity index is 371. The Morgan fingerprint density at radius 1 is 1.30 bits per heavy atom. The molecule has 1 aromatic rings. The van der Waals surface area contributed by atoms with Gasteiger partial charge in [-0.1, -0.05) is 0 Å². The zero-order chi connectivity index (χ0) is 15.0. The fourth-order valence-corrected chi connectivity index (χ4v) is 1.56. The van der Waals surface area contributed by atoms with Gasteiger partial charge in [-0.25, -0.2) is 4.39 Å². The molecule has 114 valence electrons. The van der Waals surface area contributed by atoms with Crippen LogP contribution in [0.4, 0.5) is 4.39 Å². The summed E-state index contributed by atoms with van der Waals surface area (Å²) in [4.78, 5) is 2.23. The Labute approximate surface area is 120 Å². The molecule has 1 unspecified atom stereocenters. The molecule has 4 nitrogen and oxygen atoms in total. The summed E-state index contributed by atoms with van der Waals surface area (Å²) in [5, 5.41) is 12.9. The van der Waals surface area contributed by atoms with Crippen molar-refractivity contribution in [3.05, 3.63) is 30.1 Å². The molecule has 0 aliphatic heterocycles. The number of ether oxygens (including phenoxy) is 1. The number of nitrogens with zero attached hydrogens (tertiary/aromatic N) is 1. The molecule has 0 fully saturated rings. The van der Waals surface area contributed by atoms with Crippen LogP contribution in [0.2, 0.25) is 0 Å². The maximum Gasteiger partial charge on any atom is 0.123 e. The van der Waals surface area contributed by atoms with Gasteiger partial charge in [0.25, 0.3) is 0 Å². The quantitative estimate of drug-likeness (QED) is 0.675. The zero-order valence-corrected chi connectivity index (χ0v) is 12.5. The zero-order valence-electron chi connectivity index (χ0n) is 12.5. The summed E-state index contributed by atoms with van der Waals surface area (Å²) in [5.74, 6) is 0.263. The third kappa shape index (κ3) is 6.84. The van der Waals surface area contributed by atoms with Crippen LogP contribution in [0.1, 0.15) is 13.8 Å². The second-order valence-electron chi connectivity index (χ2n) is 5.20. The Balaban J connectivity index is 2.11. The van der Waals surface area contributed by atoms with Crippen molar-refractivity contribution >= 4 is 0 Å². The summed E-state index contributed by atoms with van der Waals surface area (Å²) in [6, 6.07) is 6.28. The first kappa shape index (κ1) is 16.9. The van der Waals surface area contributed by atoms with E-state index in [-0.39, 0.29) is 12.4 Å². The lowest BCUT2D eigenvalue weighted by atomic mass is 10.3. The van der Waals surface area contributed by atoms with E-state index in [9.17, 15) is 9.50 Å².